The highest BCUT2D eigenvalue weighted by Gasteiger charge is 2.51. The number of aliphatic hydroxyl groups is 1. The van der Waals surface area contributed by atoms with Crippen LogP contribution < -0.4 is 11.3 Å². The molecule has 5 N–H and O–H groups in total. The molecule has 1 aliphatic heterocycles. The van der Waals surface area contributed by atoms with E-state index in [1.807, 2.05) is 6.92 Å². The summed E-state index contributed by atoms with van der Waals surface area (Å²) in [5.41, 5.74) is 4.68. The van der Waals surface area contributed by atoms with E-state index in [4.69, 9.17) is 33.2 Å². The van der Waals surface area contributed by atoms with Crippen LogP contribution in [0.1, 0.15) is 25.1 Å². The number of terminal acetylenes is 1. The van der Waals surface area contributed by atoms with Crippen LogP contribution in [0.4, 0.5) is 5.82 Å². The van der Waals surface area contributed by atoms with Crippen LogP contribution in [0.25, 0.3) is 22.3 Å². The van der Waals surface area contributed by atoms with Gasteiger partial charge in [-0.25, -0.2) is 14.6 Å². The highest BCUT2D eigenvalue weighted by atomic mass is 35.5. The van der Waals surface area contributed by atoms with Gasteiger partial charge in [-0.2, -0.15) is 9.97 Å². The summed E-state index contributed by atoms with van der Waals surface area (Å²) in [7, 11) is 0. The van der Waals surface area contributed by atoms with Gasteiger partial charge in [0.05, 0.1) is 18.9 Å². The van der Waals surface area contributed by atoms with Gasteiger partial charge in [0.25, 0.3) is 11.2 Å². The number of rotatable bonds is 11. The van der Waals surface area contributed by atoms with Crippen molar-refractivity contribution < 1.29 is 34.4 Å². The standard InChI is InChI=1S/C30H29ClN6O8/c1-3-11-36-12-5-6-19(25(36)39)17-9-7-16(8-10-17)13-30(27(40)41,28(42)43)44-14-20-18(4-2)22(38)26(45-20)37-15-33-21-23(32)34-29(31)35-24(21)37/h2,5-10,12,15,18,20,22,26,38H,3,11,13-14H2,1H3,(H,40,41)(H,42,43)(H2,32,34,35)/t18-,20+,22+,26+/m0/s1. The molecule has 14 nitrogen and oxygen atoms in total. The number of aromatic nitrogens is 5. The van der Waals surface area contributed by atoms with E-state index in [9.17, 15) is 29.7 Å². The molecule has 5 rings (SSSR count). The fourth-order valence-electron chi connectivity index (χ4n) is 5.32. The van der Waals surface area contributed by atoms with Gasteiger partial charge in [-0.1, -0.05) is 37.1 Å². The molecule has 0 bridgehead atoms. The maximum absolute atomic E-state index is 12.9. The van der Waals surface area contributed by atoms with Gasteiger partial charge < -0.3 is 35.1 Å². The van der Waals surface area contributed by atoms with Crippen molar-refractivity contribution in [2.24, 2.45) is 5.92 Å². The number of nitrogen functional groups attached to an aromatic ring is 1. The minimum atomic E-state index is -2.73. The summed E-state index contributed by atoms with van der Waals surface area (Å²) in [5.74, 6) is -2.11. The molecule has 15 heteroatoms. The predicted molar refractivity (Wildman–Crippen MR) is 161 cm³/mol. The first kappa shape index (κ1) is 31.6. The number of aliphatic hydroxyl groups excluding tert-OH is 1. The second-order valence-electron chi connectivity index (χ2n) is 10.5. The Bertz CT molecular complexity index is 1840. The first-order chi connectivity index (χ1) is 21.5. The summed E-state index contributed by atoms with van der Waals surface area (Å²) in [6.45, 7) is 1.93. The number of ether oxygens (including phenoxy) is 2. The highest BCUT2D eigenvalue weighted by molar-refractivity contribution is 6.28. The zero-order valence-corrected chi connectivity index (χ0v) is 24.7. The van der Waals surface area contributed by atoms with Crippen LogP contribution in [0, 0.1) is 18.3 Å². The topological polar surface area (TPSA) is 205 Å². The zero-order chi connectivity index (χ0) is 32.5. The fourth-order valence-corrected chi connectivity index (χ4v) is 5.49. The summed E-state index contributed by atoms with van der Waals surface area (Å²) in [6.07, 6.45) is 5.28. The molecule has 0 spiro atoms. The van der Waals surface area contributed by atoms with Gasteiger partial charge >= 0.3 is 11.9 Å². The van der Waals surface area contributed by atoms with Crippen LogP contribution in [-0.2, 0) is 32.0 Å². The molecule has 0 amide bonds. The molecule has 45 heavy (non-hydrogen) atoms. The van der Waals surface area contributed by atoms with Crippen molar-refractivity contribution in [3.8, 4) is 23.5 Å². The zero-order valence-electron chi connectivity index (χ0n) is 23.9. The third kappa shape index (κ3) is 5.86. The SMILES string of the molecule is C#C[C@@H]1[C@@H](O)[C@H](n2cnc3c(N)nc(Cl)nc32)O[C@@H]1COC(Cc1ccc(-c2cccn(CCC)c2=O)cc1)(C(=O)O)C(=O)O. The van der Waals surface area contributed by atoms with E-state index >= 15 is 0 Å². The number of hydrogen-bond donors (Lipinski definition) is 4. The van der Waals surface area contributed by atoms with Gasteiger partial charge in [0.2, 0.25) is 5.28 Å². The molecule has 4 aromatic rings. The Labute approximate surface area is 261 Å². The largest absolute Gasteiger partial charge is 0.479 e. The van der Waals surface area contributed by atoms with Gasteiger partial charge in [-0.05, 0) is 41.3 Å². The van der Waals surface area contributed by atoms with E-state index in [1.54, 1.807) is 35.0 Å². The Balaban J connectivity index is 1.38. The van der Waals surface area contributed by atoms with Crippen molar-refractivity contribution in [1.82, 2.24) is 24.1 Å². The minimum Gasteiger partial charge on any atom is -0.479 e. The Kier molecular flexibility index (Phi) is 8.89. The number of imidazole rings is 1. The van der Waals surface area contributed by atoms with E-state index in [0.717, 1.165) is 6.42 Å². The lowest BCUT2D eigenvalue weighted by molar-refractivity contribution is -0.188. The van der Waals surface area contributed by atoms with Crippen molar-refractivity contribution in [1.29, 1.82) is 0 Å². The van der Waals surface area contributed by atoms with Crippen LogP contribution in [0.15, 0.2) is 53.7 Å². The summed E-state index contributed by atoms with van der Waals surface area (Å²) in [4.78, 5) is 49.8. The Hall–Kier alpha value is -4.81. The number of anilines is 1. The molecule has 234 valence electrons. The summed E-state index contributed by atoms with van der Waals surface area (Å²) < 4.78 is 14.5. The number of nitrogens with zero attached hydrogens (tertiary/aromatic N) is 5. The fraction of sp³-hybridized carbons (Fsp3) is 0.333. The number of fused-ring (bicyclic) bond motifs is 1. The molecule has 1 aromatic carbocycles. The minimum absolute atomic E-state index is 0.00252. The number of benzene rings is 1. The Morgan fingerprint density at radius 3 is 2.56 bits per heavy atom. The monoisotopic (exact) mass is 636 g/mol. The lowest BCUT2D eigenvalue weighted by Crippen LogP contribution is -2.52. The number of carbonyl (C=O) groups is 2. The average molecular weight is 637 g/mol. The van der Waals surface area contributed by atoms with Crippen molar-refractivity contribution in [2.75, 3.05) is 12.3 Å². The number of nitrogens with two attached hydrogens (primary N) is 1. The van der Waals surface area contributed by atoms with Gasteiger partial charge in [-0.3, -0.25) is 9.36 Å². The van der Waals surface area contributed by atoms with Crippen molar-refractivity contribution >= 4 is 40.5 Å². The van der Waals surface area contributed by atoms with Gasteiger partial charge in [0, 0.05) is 24.7 Å². The third-order valence-electron chi connectivity index (χ3n) is 7.65. The van der Waals surface area contributed by atoms with Crippen LogP contribution in [0.2, 0.25) is 5.28 Å². The lowest BCUT2D eigenvalue weighted by Gasteiger charge is -2.27. The first-order valence-electron chi connectivity index (χ1n) is 13.9. The molecular formula is C30H29ClN6O8. The Morgan fingerprint density at radius 1 is 1.20 bits per heavy atom. The van der Waals surface area contributed by atoms with E-state index in [-0.39, 0.29) is 27.8 Å². The van der Waals surface area contributed by atoms with Crippen LogP contribution in [0.3, 0.4) is 0 Å². The number of carboxylic acids is 2. The maximum atomic E-state index is 12.9. The molecule has 1 saturated heterocycles. The predicted octanol–water partition coefficient (Wildman–Crippen LogP) is 1.98. The normalized spacial score (nSPS) is 19.9. The molecule has 0 radical (unpaired) electrons. The van der Waals surface area contributed by atoms with E-state index in [2.05, 4.69) is 20.9 Å². The lowest BCUT2D eigenvalue weighted by atomic mass is 9.92. The molecule has 1 aliphatic rings. The smallest absolute Gasteiger partial charge is 0.348 e. The van der Waals surface area contributed by atoms with Crippen LogP contribution in [0.5, 0.6) is 0 Å². The quantitative estimate of drug-likeness (QED) is 0.106. The van der Waals surface area contributed by atoms with Gasteiger partial charge in [0.15, 0.2) is 17.7 Å². The van der Waals surface area contributed by atoms with Gasteiger partial charge in [0.1, 0.15) is 17.7 Å². The second kappa shape index (κ2) is 12.7. The Morgan fingerprint density at radius 2 is 1.91 bits per heavy atom. The second-order valence-corrected chi connectivity index (χ2v) is 10.8. The van der Waals surface area contributed by atoms with Crippen molar-refractivity contribution in [3.63, 3.8) is 0 Å². The molecule has 4 heterocycles. The maximum Gasteiger partial charge on any atom is 0.348 e. The molecule has 1 fully saturated rings. The van der Waals surface area contributed by atoms with Crippen molar-refractivity contribution in [3.05, 3.63) is 70.1 Å². The van der Waals surface area contributed by atoms with E-state index < -0.39 is 54.9 Å². The molecule has 4 atom stereocenters. The molecule has 0 aliphatic carbocycles. The van der Waals surface area contributed by atoms with Crippen LogP contribution >= 0.6 is 11.6 Å². The summed E-state index contributed by atoms with van der Waals surface area (Å²) in [6, 6.07) is 9.75. The molecule has 0 saturated carbocycles. The number of halogens is 1. The number of pyridine rings is 1. The third-order valence-corrected chi connectivity index (χ3v) is 7.82. The number of aliphatic carboxylic acids is 2. The molecular weight excluding hydrogens is 608 g/mol. The first-order valence-corrected chi connectivity index (χ1v) is 14.2. The van der Waals surface area contributed by atoms with Crippen molar-refractivity contribution in [2.45, 2.75) is 50.3 Å². The van der Waals surface area contributed by atoms with Gasteiger partial charge in [-0.15, -0.1) is 6.42 Å². The highest BCUT2D eigenvalue weighted by Crippen LogP contribution is 2.37. The average Bonchev–Trinajstić information content (AvgIpc) is 3.56. The number of hydrogen-bond acceptors (Lipinski definition) is 10. The summed E-state index contributed by atoms with van der Waals surface area (Å²) in [5, 5.41) is 31.0. The molecule has 0 unspecified atom stereocenters. The van der Waals surface area contributed by atoms with E-state index in [1.165, 1.54) is 23.0 Å². The van der Waals surface area contributed by atoms with Crippen LogP contribution in [-0.4, -0.2) is 75.8 Å². The molecule has 3 aromatic heterocycles. The van der Waals surface area contributed by atoms with E-state index in [0.29, 0.717) is 23.2 Å². The summed E-state index contributed by atoms with van der Waals surface area (Å²) >= 11 is 5.95. The number of carboxylic acid groups (broad SMARTS) is 2. The number of aryl methyl sites for hydroxylation is 1.